The van der Waals surface area contributed by atoms with Crippen LogP contribution in [0.1, 0.15) is 18.4 Å². The Morgan fingerprint density at radius 3 is 2.48 bits per heavy atom. The molecule has 0 saturated carbocycles. The zero-order chi connectivity index (χ0) is 17.9. The number of hydrogen-bond acceptors (Lipinski definition) is 4. The van der Waals surface area contributed by atoms with Gasteiger partial charge in [-0.15, -0.1) is 0 Å². The van der Waals surface area contributed by atoms with E-state index in [1.54, 1.807) is 21.3 Å². The second-order valence-electron chi connectivity index (χ2n) is 6.44. The van der Waals surface area contributed by atoms with Gasteiger partial charge >= 0.3 is 0 Å². The van der Waals surface area contributed by atoms with Crippen molar-refractivity contribution in [1.82, 2.24) is 15.5 Å². The first-order valence-electron chi connectivity index (χ1n) is 9.04. The van der Waals surface area contributed by atoms with Crippen molar-refractivity contribution in [3.8, 4) is 5.75 Å². The van der Waals surface area contributed by atoms with E-state index in [0.717, 1.165) is 44.4 Å². The summed E-state index contributed by atoms with van der Waals surface area (Å²) in [5.41, 5.74) is 1.35. The Balaban J connectivity index is 1.66. The van der Waals surface area contributed by atoms with Gasteiger partial charge in [0, 0.05) is 33.8 Å². The molecule has 0 unspecified atom stereocenters. The Morgan fingerprint density at radius 1 is 1.16 bits per heavy atom. The molecule has 1 heterocycles. The number of nitrogens with one attached hydrogen (secondary N) is 2. The van der Waals surface area contributed by atoms with Gasteiger partial charge in [0.05, 0.1) is 13.7 Å². The maximum Gasteiger partial charge on any atom is 0.191 e. The van der Waals surface area contributed by atoms with Crippen molar-refractivity contribution in [3.05, 3.63) is 29.8 Å². The highest BCUT2D eigenvalue weighted by molar-refractivity contribution is 5.79. The molecule has 140 valence electrons. The monoisotopic (exact) mass is 348 g/mol. The number of methoxy groups -OCH3 is 2. The van der Waals surface area contributed by atoms with E-state index in [1.165, 1.54) is 18.4 Å². The van der Waals surface area contributed by atoms with Crippen molar-refractivity contribution < 1.29 is 9.47 Å². The van der Waals surface area contributed by atoms with Crippen molar-refractivity contribution in [3.63, 3.8) is 0 Å². The molecule has 0 spiro atoms. The lowest BCUT2D eigenvalue weighted by atomic mass is 9.96. The van der Waals surface area contributed by atoms with Gasteiger partial charge in [0.15, 0.2) is 5.96 Å². The van der Waals surface area contributed by atoms with Crippen LogP contribution in [0.2, 0.25) is 0 Å². The molecule has 0 radical (unpaired) electrons. The van der Waals surface area contributed by atoms with Gasteiger partial charge in [-0.2, -0.15) is 0 Å². The molecule has 1 aromatic rings. The Kier molecular flexibility index (Phi) is 8.55. The van der Waals surface area contributed by atoms with Gasteiger partial charge in [0.25, 0.3) is 0 Å². The number of nitrogens with zero attached hydrogens (tertiary/aromatic N) is 2. The number of benzene rings is 1. The normalized spacial score (nSPS) is 16.7. The fourth-order valence-corrected chi connectivity index (χ4v) is 3.07. The predicted molar refractivity (Wildman–Crippen MR) is 102 cm³/mol. The molecule has 2 N–H and O–H groups in total. The summed E-state index contributed by atoms with van der Waals surface area (Å²) in [6.07, 6.45) is 2.44. The van der Waals surface area contributed by atoms with Crippen LogP contribution >= 0.6 is 0 Å². The van der Waals surface area contributed by atoms with Gasteiger partial charge < -0.3 is 20.1 Å². The lowest BCUT2D eigenvalue weighted by Gasteiger charge is -2.32. The Labute approximate surface area is 151 Å². The summed E-state index contributed by atoms with van der Waals surface area (Å²) in [7, 11) is 5.22. The maximum absolute atomic E-state index is 5.22. The average molecular weight is 348 g/mol. The first-order valence-corrected chi connectivity index (χ1v) is 9.04. The van der Waals surface area contributed by atoms with Crippen LogP contribution in [0.25, 0.3) is 0 Å². The van der Waals surface area contributed by atoms with Crippen LogP contribution in [-0.4, -0.2) is 64.9 Å². The van der Waals surface area contributed by atoms with Crippen LogP contribution in [0.3, 0.4) is 0 Å². The standard InChI is InChI=1S/C19H32N4O2/c1-20-19(21-10-13-24-2)22-14-16-8-11-23(12-9-16)15-17-4-6-18(25-3)7-5-17/h4-7,16H,8-15H2,1-3H3,(H2,20,21,22). The van der Waals surface area contributed by atoms with Gasteiger partial charge in [0.1, 0.15) is 5.75 Å². The van der Waals surface area contributed by atoms with E-state index in [-0.39, 0.29) is 0 Å². The van der Waals surface area contributed by atoms with Crippen molar-refractivity contribution in [1.29, 1.82) is 0 Å². The number of hydrogen-bond donors (Lipinski definition) is 2. The molecule has 2 rings (SSSR count). The second-order valence-corrected chi connectivity index (χ2v) is 6.44. The minimum absolute atomic E-state index is 0.685. The molecule has 0 atom stereocenters. The molecule has 6 heteroatoms. The van der Waals surface area contributed by atoms with Crippen LogP contribution in [0.5, 0.6) is 5.75 Å². The number of guanidine groups is 1. The van der Waals surface area contributed by atoms with Crippen molar-refractivity contribution in [2.45, 2.75) is 19.4 Å². The quantitative estimate of drug-likeness (QED) is 0.426. The van der Waals surface area contributed by atoms with E-state index in [0.29, 0.717) is 12.5 Å². The summed E-state index contributed by atoms with van der Waals surface area (Å²) in [6, 6.07) is 8.38. The molecule has 6 nitrogen and oxygen atoms in total. The highest BCUT2D eigenvalue weighted by Crippen LogP contribution is 2.19. The van der Waals surface area contributed by atoms with Crippen LogP contribution < -0.4 is 15.4 Å². The Hall–Kier alpha value is -1.79. The second kappa shape index (κ2) is 10.9. The molecule has 1 aromatic carbocycles. The predicted octanol–water partition coefficient (Wildman–Crippen LogP) is 1.72. The van der Waals surface area contributed by atoms with E-state index in [1.807, 2.05) is 12.1 Å². The largest absolute Gasteiger partial charge is 0.497 e. The van der Waals surface area contributed by atoms with E-state index < -0.39 is 0 Å². The third-order valence-corrected chi connectivity index (χ3v) is 4.65. The van der Waals surface area contributed by atoms with Crippen LogP contribution in [0.15, 0.2) is 29.3 Å². The molecule has 25 heavy (non-hydrogen) atoms. The number of aliphatic imine (C=N–C) groups is 1. The summed E-state index contributed by atoms with van der Waals surface area (Å²) in [5.74, 6) is 2.48. The molecule has 0 aromatic heterocycles. The van der Waals surface area contributed by atoms with Gasteiger partial charge in [0.2, 0.25) is 0 Å². The maximum atomic E-state index is 5.22. The fraction of sp³-hybridized carbons (Fsp3) is 0.632. The summed E-state index contributed by atoms with van der Waals surface area (Å²) in [4.78, 5) is 6.78. The van der Waals surface area contributed by atoms with E-state index in [2.05, 4.69) is 32.7 Å². The fourth-order valence-electron chi connectivity index (χ4n) is 3.07. The number of ether oxygens (including phenoxy) is 2. The first kappa shape index (κ1) is 19.5. The van der Waals surface area contributed by atoms with E-state index >= 15 is 0 Å². The molecular weight excluding hydrogens is 316 g/mol. The van der Waals surface area contributed by atoms with Gasteiger partial charge in [-0.05, 0) is 49.5 Å². The van der Waals surface area contributed by atoms with Gasteiger partial charge in [-0.3, -0.25) is 9.89 Å². The van der Waals surface area contributed by atoms with Gasteiger partial charge in [-0.1, -0.05) is 12.1 Å². The average Bonchev–Trinajstić information content (AvgIpc) is 2.66. The van der Waals surface area contributed by atoms with E-state index in [4.69, 9.17) is 9.47 Å². The minimum atomic E-state index is 0.685. The zero-order valence-corrected chi connectivity index (χ0v) is 15.8. The summed E-state index contributed by atoms with van der Waals surface area (Å²) in [5, 5.41) is 6.68. The molecule has 1 fully saturated rings. The third kappa shape index (κ3) is 6.92. The van der Waals surface area contributed by atoms with Crippen LogP contribution in [0.4, 0.5) is 0 Å². The third-order valence-electron chi connectivity index (χ3n) is 4.65. The number of piperidine rings is 1. The zero-order valence-electron chi connectivity index (χ0n) is 15.8. The summed E-state index contributed by atoms with van der Waals surface area (Å²) < 4.78 is 10.3. The molecule has 1 saturated heterocycles. The van der Waals surface area contributed by atoms with Crippen molar-refractivity contribution in [2.75, 3.05) is 54.1 Å². The smallest absolute Gasteiger partial charge is 0.191 e. The molecule has 0 aliphatic carbocycles. The number of likely N-dealkylation sites (tertiary alicyclic amines) is 1. The first-order chi connectivity index (χ1) is 12.2. The lowest BCUT2D eigenvalue weighted by molar-refractivity contribution is 0.178. The van der Waals surface area contributed by atoms with Gasteiger partial charge in [-0.25, -0.2) is 0 Å². The molecule has 0 amide bonds. The van der Waals surface area contributed by atoms with Crippen LogP contribution in [0, 0.1) is 5.92 Å². The van der Waals surface area contributed by atoms with Crippen molar-refractivity contribution >= 4 is 5.96 Å². The minimum Gasteiger partial charge on any atom is -0.497 e. The summed E-state index contributed by atoms with van der Waals surface area (Å²) >= 11 is 0. The van der Waals surface area contributed by atoms with Crippen molar-refractivity contribution in [2.24, 2.45) is 10.9 Å². The highest BCUT2D eigenvalue weighted by atomic mass is 16.5. The topological polar surface area (TPSA) is 58.1 Å². The SMILES string of the molecule is CN=C(NCCOC)NCC1CCN(Cc2ccc(OC)cc2)CC1. The Morgan fingerprint density at radius 2 is 1.88 bits per heavy atom. The lowest BCUT2D eigenvalue weighted by Crippen LogP contribution is -2.43. The van der Waals surface area contributed by atoms with Crippen LogP contribution in [-0.2, 0) is 11.3 Å². The molecule has 1 aliphatic rings. The summed E-state index contributed by atoms with van der Waals surface area (Å²) in [6.45, 7) is 5.75. The highest BCUT2D eigenvalue weighted by Gasteiger charge is 2.19. The molecule has 0 bridgehead atoms. The number of rotatable bonds is 8. The van der Waals surface area contributed by atoms with E-state index in [9.17, 15) is 0 Å². The molecule has 1 aliphatic heterocycles. The Bertz CT molecular complexity index is 511. The molecular formula is C19H32N4O2.